The lowest BCUT2D eigenvalue weighted by Crippen LogP contribution is -2.39. The molecule has 0 aliphatic heterocycles. The Labute approximate surface area is 86.5 Å². The fourth-order valence-corrected chi connectivity index (χ4v) is 1.21. The highest BCUT2D eigenvalue weighted by molar-refractivity contribution is 5.79. The van der Waals surface area contributed by atoms with E-state index in [1.165, 1.54) is 31.4 Å². The summed E-state index contributed by atoms with van der Waals surface area (Å²) in [7, 11) is 1.30. The highest BCUT2D eigenvalue weighted by Gasteiger charge is 2.38. The number of hydrogen-bond acceptors (Lipinski definition) is 4. The number of aliphatic hydroxyl groups is 1. The second-order valence-corrected chi connectivity index (χ2v) is 3.15. The van der Waals surface area contributed by atoms with Crippen molar-refractivity contribution in [2.75, 3.05) is 13.7 Å². The number of carbonyl (C=O) groups is 1. The molecule has 5 nitrogen and oxygen atoms in total. The predicted molar refractivity (Wildman–Crippen MR) is 51.5 cm³/mol. The first-order valence-electron chi connectivity index (χ1n) is 4.25. The summed E-state index contributed by atoms with van der Waals surface area (Å²) in [5, 5.41) is 27.8. The maximum absolute atomic E-state index is 10.9. The van der Waals surface area contributed by atoms with Gasteiger partial charge in [-0.15, -0.1) is 0 Å². The zero-order chi connectivity index (χ0) is 11.5. The Kier molecular flexibility index (Phi) is 3.28. The van der Waals surface area contributed by atoms with Gasteiger partial charge >= 0.3 is 5.97 Å². The van der Waals surface area contributed by atoms with Gasteiger partial charge < -0.3 is 20.1 Å². The van der Waals surface area contributed by atoms with E-state index in [4.69, 9.17) is 10.2 Å². The van der Waals surface area contributed by atoms with Gasteiger partial charge in [0, 0.05) is 7.11 Å². The van der Waals surface area contributed by atoms with E-state index in [1.54, 1.807) is 0 Å². The van der Waals surface area contributed by atoms with Gasteiger partial charge in [-0.25, -0.2) is 4.79 Å². The van der Waals surface area contributed by atoms with Crippen LogP contribution in [-0.2, 0) is 15.1 Å². The molecule has 0 spiro atoms. The van der Waals surface area contributed by atoms with Gasteiger partial charge in [0.15, 0.2) is 0 Å². The number of hydrogen-bond donors (Lipinski definition) is 3. The standard InChI is InChI=1S/C10H12O5/c1-15-6-10(14,9(12)13)7-2-4-8(11)5-3-7/h2-5,11,14H,6H2,1H3,(H,12,13). The molecule has 0 heterocycles. The maximum atomic E-state index is 10.9. The van der Waals surface area contributed by atoms with E-state index in [9.17, 15) is 9.90 Å². The molecule has 0 aromatic heterocycles. The summed E-state index contributed by atoms with van der Waals surface area (Å²) >= 11 is 0. The number of carboxylic acid groups (broad SMARTS) is 1. The van der Waals surface area contributed by atoms with Gasteiger partial charge in [-0.05, 0) is 17.7 Å². The first-order valence-corrected chi connectivity index (χ1v) is 4.25. The number of phenols is 1. The van der Waals surface area contributed by atoms with Crippen molar-refractivity contribution in [2.24, 2.45) is 0 Å². The van der Waals surface area contributed by atoms with Crippen LogP contribution in [0.15, 0.2) is 24.3 Å². The van der Waals surface area contributed by atoms with Gasteiger partial charge in [-0.3, -0.25) is 0 Å². The van der Waals surface area contributed by atoms with E-state index < -0.39 is 11.6 Å². The lowest BCUT2D eigenvalue weighted by Gasteiger charge is -2.22. The van der Waals surface area contributed by atoms with Crippen molar-refractivity contribution < 1.29 is 24.9 Å². The Morgan fingerprint density at radius 2 is 1.93 bits per heavy atom. The third-order valence-corrected chi connectivity index (χ3v) is 2.05. The molecular weight excluding hydrogens is 200 g/mol. The molecule has 1 rings (SSSR count). The molecule has 1 unspecified atom stereocenters. The molecule has 0 aliphatic rings. The molecule has 3 N–H and O–H groups in total. The summed E-state index contributed by atoms with van der Waals surface area (Å²) in [5.74, 6) is -1.39. The second kappa shape index (κ2) is 4.29. The Bertz CT molecular complexity index is 345. The third kappa shape index (κ3) is 2.26. The van der Waals surface area contributed by atoms with Crippen molar-refractivity contribution in [3.63, 3.8) is 0 Å². The van der Waals surface area contributed by atoms with Crippen molar-refractivity contribution in [3.05, 3.63) is 29.8 Å². The second-order valence-electron chi connectivity index (χ2n) is 3.15. The first kappa shape index (κ1) is 11.5. The van der Waals surface area contributed by atoms with Gasteiger partial charge in [0.25, 0.3) is 0 Å². The van der Waals surface area contributed by atoms with E-state index in [0.29, 0.717) is 0 Å². The number of phenolic OH excluding ortho intramolecular Hbond substituents is 1. The topological polar surface area (TPSA) is 87.0 Å². The van der Waals surface area contributed by atoms with Crippen LogP contribution in [0.2, 0.25) is 0 Å². The van der Waals surface area contributed by atoms with Gasteiger partial charge in [0.2, 0.25) is 5.60 Å². The summed E-state index contributed by atoms with van der Waals surface area (Å²) in [5.41, 5.74) is -1.92. The molecule has 0 bridgehead atoms. The summed E-state index contributed by atoms with van der Waals surface area (Å²) in [4.78, 5) is 10.9. The zero-order valence-electron chi connectivity index (χ0n) is 8.17. The number of methoxy groups -OCH3 is 1. The van der Waals surface area contributed by atoms with E-state index in [2.05, 4.69) is 4.74 Å². The minimum Gasteiger partial charge on any atom is -0.508 e. The minimum atomic E-state index is -2.08. The Balaban J connectivity index is 3.09. The average molecular weight is 212 g/mol. The normalized spacial score (nSPS) is 14.5. The van der Waals surface area contributed by atoms with Gasteiger partial charge in [-0.2, -0.15) is 0 Å². The van der Waals surface area contributed by atoms with Crippen LogP contribution in [0.25, 0.3) is 0 Å². The van der Waals surface area contributed by atoms with Crippen molar-refractivity contribution in [1.29, 1.82) is 0 Å². The van der Waals surface area contributed by atoms with Crippen molar-refractivity contribution in [1.82, 2.24) is 0 Å². The molecule has 1 aromatic rings. The number of rotatable bonds is 4. The first-order chi connectivity index (χ1) is 7.00. The summed E-state index contributed by atoms with van der Waals surface area (Å²) < 4.78 is 4.66. The number of carboxylic acids is 1. The Morgan fingerprint density at radius 1 is 1.40 bits per heavy atom. The monoisotopic (exact) mass is 212 g/mol. The van der Waals surface area contributed by atoms with E-state index in [1.807, 2.05) is 0 Å². The summed E-state index contributed by atoms with van der Waals surface area (Å²) in [6.45, 7) is -0.354. The van der Waals surface area contributed by atoms with Gasteiger partial charge in [-0.1, -0.05) is 12.1 Å². The van der Waals surface area contributed by atoms with E-state index in [-0.39, 0.29) is 17.9 Å². The fourth-order valence-electron chi connectivity index (χ4n) is 1.21. The maximum Gasteiger partial charge on any atom is 0.342 e. The summed E-state index contributed by atoms with van der Waals surface area (Å²) in [6.07, 6.45) is 0. The highest BCUT2D eigenvalue weighted by Crippen LogP contribution is 2.23. The Morgan fingerprint density at radius 3 is 2.33 bits per heavy atom. The lowest BCUT2D eigenvalue weighted by molar-refractivity contribution is -0.165. The Hall–Kier alpha value is -1.59. The number of ether oxygens (including phenoxy) is 1. The van der Waals surface area contributed by atoms with Crippen LogP contribution in [0.4, 0.5) is 0 Å². The largest absolute Gasteiger partial charge is 0.508 e. The molecule has 82 valence electrons. The number of benzene rings is 1. The average Bonchev–Trinajstić information content (AvgIpc) is 2.18. The van der Waals surface area contributed by atoms with Gasteiger partial charge in [0.1, 0.15) is 5.75 Å². The van der Waals surface area contributed by atoms with Crippen molar-refractivity contribution in [2.45, 2.75) is 5.60 Å². The molecule has 0 saturated carbocycles. The van der Waals surface area contributed by atoms with Crippen LogP contribution in [-0.4, -0.2) is 35.0 Å². The van der Waals surface area contributed by atoms with Crippen molar-refractivity contribution >= 4 is 5.97 Å². The smallest absolute Gasteiger partial charge is 0.342 e. The third-order valence-electron chi connectivity index (χ3n) is 2.05. The van der Waals surface area contributed by atoms with Crippen LogP contribution in [0.1, 0.15) is 5.56 Å². The van der Waals surface area contributed by atoms with Crippen LogP contribution >= 0.6 is 0 Å². The molecular formula is C10H12O5. The molecule has 1 atom stereocenters. The molecule has 15 heavy (non-hydrogen) atoms. The molecule has 0 fully saturated rings. The summed E-state index contributed by atoms with van der Waals surface area (Å²) in [6, 6.07) is 5.28. The van der Waals surface area contributed by atoms with Crippen LogP contribution in [0.5, 0.6) is 5.75 Å². The SMILES string of the molecule is COCC(O)(C(=O)O)c1ccc(O)cc1. The van der Waals surface area contributed by atoms with Crippen LogP contribution < -0.4 is 0 Å². The lowest BCUT2D eigenvalue weighted by atomic mass is 9.95. The minimum absolute atomic E-state index is 0.00362. The van der Waals surface area contributed by atoms with E-state index in [0.717, 1.165) is 0 Å². The highest BCUT2D eigenvalue weighted by atomic mass is 16.5. The zero-order valence-corrected chi connectivity index (χ0v) is 8.17. The van der Waals surface area contributed by atoms with E-state index >= 15 is 0 Å². The van der Waals surface area contributed by atoms with Gasteiger partial charge in [0.05, 0.1) is 6.61 Å². The number of aliphatic carboxylic acids is 1. The molecule has 5 heteroatoms. The van der Waals surface area contributed by atoms with Crippen molar-refractivity contribution in [3.8, 4) is 5.75 Å². The quantitative estimate of drug-likeness (QED) is 0.668. The molecule has 0 saturated heterocycles. The van der Waals surface area contributed by atoms with Crippen LogP contribution in [0.3, 0.4) is 0 Å². The molecule has 0 aliphatic carbocycles. The molecule has 0 amide bonds. The number of aromatic hydroxyl groups is 1. The fraction of sp³-hybridized carbons (Fsp3) is 0.300. The van der Waals surface area contributed by atoms with Crippen LogP contribution in [0, 0.1) is 0 Å². The molecule has 1 aromatic carbocycles. The molecule has 0 radical (unpaired) electrons. The predicted octanol–water partition coefficient (Wildman–Crippen LogP) is 0.311.